The summed E-state index contributed by atoms with van der Waals surface area (Å²) in [6, 6.07) is 0. The Hall–Kier alpha value is -1.14. The molecule has 1 aliphatic carbocycles. The number of Topliss-reactive ketones (excluding diaryl/α,β-unsaturated/α-hetero) is 1. The van der Waals surface area contributed by atoms with Crippen molar-refractivity contribution in [2.45, 2.75) is 44.2 Å². The number of nitrogens with zero attached hydrogens (tertiary/aromatic N) is 2. The zero-order chi connectivity index (χ0) is 14.1. The first-order valence-electron chi connectivity index (χ1n) is 6.85. The van der Waals surface area contributed by atoms with Crippen LogP contribution in [-0.4, -0.2) is 21.5 Å². The number of ketones is 1. The van der Waals surface area contributed by atoms with Gasteiger partial charge in [-0.2, -0.15) is 0 Å². The minimum absolute atomic E-state index is 0.193. The number of aromatic nitrogens is 2. The van der Waals surface area contributed by atoms with Crippen molar-refractivity contribution in [1.82, 2.24) is 9.97 Å². The largest absolute Gasteiger partial charge is 0.383 e. The third-order valence-corrected chi connectivity index (χ3v) is 5.54. The van der Waals surface area contributed by atoms with E-state index >= 15 is 0 Å². The molecule has 6 heteroatoms. The first kappa shape index (κ1) is 13.8. The molecule has 0 unspecified atom stereocenters. The number of carbonyl (C=O) groups excluding carboxylic acids is 1. The molecule has 0 saturated heterocycles. The number of carbonyl (C=O) groups is 1. The smallest absolute Gasteiger partial charge is 0.190 e. The van der Waals surface area contributed by atoms with Crippen LogP contribution in [0.4, 0.5) is 5.82 Å². The molecule has 2 N–H and O–H groups in total. The number of thiophene rings is 1. The molecule has 2 heterocycles. The lowest BCUT2D eigenvalue weighted by molar-refractivity contribution is -0.116. The molecule has 106 valence electrons. The highest BCUT2D eigenvalue weighted by Crippen LogP contribution is 2.38. The van der Waals surface area contributed by atoms with E-state index in [0.717, 1.165) is 23.1 Å². The van der Waals surface area contributed by atoms with E-state index in [0.29, 0.717) is 23.1 Å². The molecule has 4 nitrogen and oxygen atoms in total. The predicted octanol–water partition coefficient (Wildman–Crippen LogP) is 3.22. The predicted molar refractivity (Wildman–Crippen MR) is 84.5 cm³/mol. The van der Waals surface area contributed by atoms with E-state index in [2.05, 4.69) is 9.97 Å². The molecule has 0 amide bonds. The number of aryl methyl sites for hydroxylation is 2. The van der Waals surface area contributed by atoms with Crippen molar-refractivity contribution in [1.29, 1.82) is 0 Å². The maximum atomic E-state index is 11.0. The summed E-state index contributed by atoms with van der Waals surface area (Å²) in [6.45, 7) is 1.60. The summed E-state index contributed by atoms with van der Waals surface area (Å²) in [5.41, 5.74) is 7.50. The van der Waals surface area contributed by atoms with E-state index in [1.165, 1.54) is 35.0 Å². The summed E-state index contributed by atoms with van der Waals surface area (Å²) in [7, 11) is 0. The van der Waals surface area contributed by atoms with Gasteiger partial charge in [-0.1, -0.05) is 11.8 Å². The first-order valence-corrected chi connectivity index (χ1v) is 8.65. The van der Waals surface area contributed by atoms with E-state index in [1.807, 2.05) is 0 Å². The Balaban J connectivity index is 1.91. The number of fused-ring (bicyclic) bond motifs is 3. The van der Waals surface area contributed by atoms with E-state index in [4.69, 9.17) is 5.73 Å². The molecule has 20 heavy (non-hydrogen) atoms. The monoisotopic (exact) mass is 307 g/mol. The van der Waals surface area contributed by atoms with E-state index in [-0.39, 0.29) is 5.78 Å². The van der Waals surface area contributed by atoms with Gasteiger partial charge in [0.15, 0.2) is 5.16 Å². The van der Waals surface area contributed by atoms with Crippen LogP contribution in [0, 0.1) is 0 Å². The number of thioether (sulfide) groups is 1. The number of nitrogens with two attached hydrogens (primary N) is 1. The van der Waals surface area contributed by atoms with Crippen molar-refractivity contribution < 1.29 is 4.79 Å². The molecule has 3 rings (SSSR count). The number of hydrogen-bond donors (Lipinski definition) is 1. The molecule has 0 fully saturated rings. The van der Waals surface area contributed by atoms with Gasteiger partial charge >= 0.3 is 0 Å². The van der Waals surface area contributed by atoms with Crippen LogP contribution < -0.4 is 5.73 Å². The van der Waals surface area contributed by atoms with Crippen LogP contribution in [-0.2, 0) is 17.6 Å². The fourth-order valence-corrected chi connectivity index (χ4v) is 4.73. The Morgan fingerprint density at radius 3 is 2.95 bits per heavy atom. The molecule has 0 saturated carbocycles. The average molecular weight is 307 g/mol. The highest BCUT2D eigenvalue weighted by atomic mass is 32.2. The maximum Gasteiger partial charge on any atom is 0.190 e. The SMILES string of the molecule is CC(=O)CCSc1nc(N)c2c3c(sc2n1)CCCC3. The maximum absolute atomic E-state index is 11.0. The lowest BCUT2D eigenvalue weighted by Gasteiger charge is -2.10. The topological polar surface area (TPSA) is 68.9 Å². The zero-order valence-electron chi connectivity index (χ0n) is 11.4. The van der Waals surface area contributed by atoms with Crippen LogP contribution in [0.1, 0.15) is 36.6 Å². The molecule has 0 atom stereocenters. The molecule has 0 radical (unpaired) electrons. The van der Waals surface area contributed by atoms with Crippen LogP contribution in [0.15, 0.2) is 5.16 Å². The van der Waals surface area contributed by atoms with Gasteiger partial charge in [-0.25, -0.2) is 9.97 Å². The molecular formula is C14H17N3OS2. The fraction of sp³-hybridized carbons (Fsp3) is 0.500. The fourth-order valence-electron chi connectivity index (χ4n) is 2.52. The van der Waals surface area contributed by atoms with Crippen molar-refractivity contribution in [3.63, 3.8) is 0 Å². The molecule has 0 spiro atoms. The van der Waals surface area contributed by atoms with Crippen LogP contribution in [0.25, 0.3) is 10.2 Å². The van der Waals surface area contributed by atoms with Crippen LogP contribution in [0.5, 0.6) is 0 Å². The second-order valence-corrected chi connectivity index (χ2v) is 7.23. The summed E-state index contributed by atoms with van der Waals surface area (Å²) in [6.07, 6.45) is 5.27. The van der Waals surface area contributed by atoms with Crippen LogP contribution >= 0.6 is 23.1 Å². The van der Waals surface area contributed by atoms with Gasteiger partial charge in [0, 0.05) is 17.1 Å². The van der Waals surface area contributed by atoms with E-state index in [9.17, 15) is 4.79 Å². The van der Waals surface area contributed by atoms with Gasteiger partial charge in [-0.05, 0) is 38.2 Å². The normalized spacial score (nSPS) is 14.4. The Kier molecular flexibility index (Phi) is 3.94. The third kappa shape index (κ3) is 2.67. The Labute approximate surface area is 126 Å². The number of hydrogen-bond acceptors (Lipinski definition) is 6. The van der Waals surface area contributed by atoms with Crippen molar-refractivity contribution in [2.75, 3.05) is 11.5 Å². The third-order valence-electron chi connectivity index (χ3n) is 3.51. The van der Waals surface area contributed by atoms with Gasteiger partial charge in [-0.15, -0.1) is 11.3 Å². The minimum atomic E-state index is 0.193. The lowest BCUT2D eigenvalue weighted by Crippen LogP contribution is -2.01. The zero-order valence-corrected chi connectivity index (χ0v) is 13.1. The van der Waals surface area contributed by atoms with Gasteiger partial charge < -0.3 is 5.73 Å². The van der Waals surface area contributed by atoms with E-state index in [1.54, 1.807) is 18.3 Å². The average Bonchev–Trinajstić information content (AvgIpc) is 2.76. The Bertz CT molecular complexity index is 666. The summed E-state index contributed by atoms with van der Waals surface area (Å²) >= 11 is 3.26. The van der Waals surface area contributed by atoms with Gasteiger partial charge in [0.25, 0.3) is 0 Å². The second-order valence-electron chi connectivity index (χ2n) is 5.08. The highest BCUT2D eigenvalue weighted by molar-refractivity contribution is 7.99. The molecule has 0 aliphatic heterocycles. The Morgan fingerprint density at radius 2 is 2.15 bits per heavy atom. The molecule has 1 aliphatic rings. The van der Waals surface area contributed by atoms with E-state index < -0.39 is 0 Å². The number of anilines is 1. The van der Waals surface area contributed by atoms with Crippen LogP contribution in [0.3, 0.4) is 0 Å². The number of rotatable bonds is 4. The summed E-state index contributed by atoms with van der Waals surface area (Å²) in [5, 5.41) is 1.76. The van der Waals surface area contributed by atoms with Gasteiger partial charge in [0.2, 0.25) is 0 Å². The van der Waals surface area contributed by atoms with Gasteiger partial charge in [0.05, 0.1) is 5.39 Å². The molecule has 2 aromatic rings. The molecule has 0 aromatic carbocycles. The molecule has 0 bridgehead atoms. The van der Waals surface area contributed by atoms with Crippen molar-refractivity contribution in [3.8, 4) is 0 Å². The standard InChI is InChI=1S/C14H17N3OS2/c1-8(18)6-7-19-14-16-12(15)11-9-4-2-3-5-10(9)20-13(11)17-14/h2-7H2,1H3,(H2,15,16,17). The highest BCUT2D eigenvalue weighted by Gasteiger charge is 2.20. The molecule has 2 aromatic heterocycles. The van der Waals surface area contributed by atoms with Crippen molar-refractivity contribution in [3.05, 3.63) is 10.4 Å². The van der Waals surface area contributed by atoms with Gasteiger partial charge in [-0.3, -0.25) is 4.79 Å². The van der Waals surface area contributed by atoms with Crippen LogP contribution in [0.2, 0.25) is 0 Å². The molecular weight excluding hydrogens is 290 g/mol. The second kappa shape index (κ2) is 5.69. The summed E-state index contributed by atoms with van der Waals surface area (Å²) in [4.78, 5) is 22.4. The first-order chi connectivity index (χ1) is 9.65. The quantitative estimate of drug-likeness (QED) is 0.694. The van der Waals surface area contributed by atoms with Crippen molar-refractivity contribution in [2.24, 2.45) is 0 Å². The lowest BCUT2D eigenvalue weighted by atomic mass is 9.97. The van der Waals surface area contributed by atoms with Crippen molar-refractivity contribution >= 4 is 44.9 Å². The van der Waals surface area contributed by atoms with Gasteiger partial charge in [0.1, 0.15) is 16.4 Å². The Morgan fingerprint density at radius 1 is 1.35 bits per heavy atom. The summed E-state index contributed by atoms with van der Waals surface area (Å²) < 4.78 is 0. The minimum Gasteiger partial charge on any atom is -0.383 e. The summed E-state index contributed by atoms with van der Waals surface area (Å²) in [5.74, 6) is 1.50. The number of nitrogen functional groups attached to an aromatic ring is 1.